The maximum absolute atomic E-state index is 12.0. The van der Waals surface area contributed by atoms with Gasteiger partial charge in [0.25, 0.3) is 0 Å². The fraction of sp³-hybridized carbons (Fsp3) is 0.462. The van der Waals surface area contributed by atoms with E-state index in [-0.39, 0.29) is 5.91 Å². The Balaban J connectivity index is 2.71. The molecule has 1 aromatic carbocycles. The van der Waals surface area contributed by atoms with Gasteiger partial charge >= 0.3 is 0 Å². The number of carbonyl (C=O) groups excluding carboxylic acids is 1. The molecule has 3 heteroatoms. The molecule has 1 rings (SSSR count). The highest BCUT2D eigenvalue weighted by Crippen LogP contribution is 2.13. The highest BCUT2D eigenvalue weighted by molar-refractivity contribution is 5.94. The predicted molar refractivity (Wildman–Crippen MR) is 67.6 cm³/mol. The van der Waals surface area contributed by atoms with Gasteiger partial charge in [0.05, 0.1) is 6.54 Å². The van der Waals surface area contributed by atoms with Gasteiger partial charge in [-0.15, -0.1) is 0 Å². The quantitative estimate of drug-likeness (QED) is 0.757. The summed E-state index contributed by atoms with van der Waals surface area (Å²) in [7, 11) is 1.96. The van der Waals surface area contributed by atoms with Gasteiger partial charge in [0, 0.05) is 12.2 Å². The van der Waals surface area contributed by atoms with Gasteiger partial charge in [-0.3, -0.25) is 9.69 Å². The molecule has 1 aromatic rings. The lowest BCUT2D eigenvalue weighted by Gasteiger charge is -2.23. The first-order valence-corrected chi connectivity index (χ1v) is 5.73. The maximum atomic E-state index is 12.0. The molecule has 3 nitrogen and oxygen atoms in total. The highest BCUT2D eigenvalue weighted by atomic mass is 16.2. The molecule has 0 fully saturated rings. The maximum Gasteiger partial charge on any atom is 0.241 e. The number of rotatable bonds is 5. The van der Waals surface area contributed by atoms with Crippen LogP contribution in [-0.2, 0) is 4.79 Å². The van der Waals surface area contributed by atoms with Crippen molar-refractivity contribution in [3.05, 3.63) is 30.3 Å². The lowest BCUT2D eigenvalue weighted by molar-refractivity contribution is -0.119. The normalized spacial score (nSPS) is 10.5. The Labute approximate surface area is 97.7 Å². The molecule has 0 atom stereocenters. The second-order valence-corrected chi connectivity index (χ2v) is 3.80. The molecule has 0 saturated carbocycles. The molecule has 88 valence electrons. The van der Waals surface area contributed by atoms with E-state index in [4.69, 9.17) is 0 Å². The van der Waals surface area contributed by atoms with Crippen molar-refractivity contribution >= 4 is 11.6 Å². The number of hydrogen-bond acceptors (Lipinski definition) is 2. The average molecular weight is 220 g/mol. The largest absolute Gasteiger partial charge is 0.312 e. The van der Waals surface area contributed by atoms with Crippen molar-refractivity contribution in [1.82, 2.24) is 4.90 Å². The molecule has 0 aliphatic carbocycles. The number of benzene rings is 1. The minimum atomic E-state index is 0.151. The van der Waals surface area contributed by atoms with E-state index in [0.29, 0.717) is 13.1 Å². The minimum Gasteiger partial charge on any atom is -0.312 e. The zero-order valence-electron chi connectivity index (χ0n) is 10.3. The van der Waals surface area contributed by atoms with Crippen LogP contribution in [0.15, 0.2) is 30.3 Å². The molecule has 0 N–H and O–H groups in total. The van der Waals surface area contributed by atoms with Gasteiger partial charge in [-0.25, -0.2) is 0 Å². The number of carbonyl (C=O) groups is 1. The van der Waals surface area contributed by atoms with E-state index in [9.17, 15) is 4.79 Å². The van der Waals surface area contributed by atoms with Crippen LogP contribution in [0.3, 0.4) is 0 Å². The minimum absolute atomic E-state index is 0.151. The van der Waals surface area contributed by atoms with Crippen LogP contribution in [-0.4, -0.2) is 37.5 Å². The van der Waals surface area contributed by atoms with Crippen molar-refractivity contribution in [2.24, 2.45) is 0 Å². The summed E-state index contributed by atoms with van der Waals surface area (Å²) in [6.07, 6.45) is 0. The molecule has 0 bridgehead atoms. The highest BCUT2D eigenvalue weighted by Gasteiger charge is 2.14. The van der Waals surface area contributed by atoms with E-state index in [0.717, 1.165) is 12.2 Å². The summed E-state index contributed by atoms with van der Waals surface area (Å²) in [6.45, 7) is 6.11. The van der Waals surface area contributed by atoms with Gasteiger partial charge in [0.1, 0.15) is 0 Å². The van der Waals surface area contributed by atoms with E-state index in [1.807, 2.05) is 61.0 Å². The molecule has 16 heavy (non-hydrogen) atoms. The van der Waals surface area contributed by atoms with Gasteiger partial charge in [0.15, 0.2) is 0 Å². The van der Waals surface area contributed by atoms with Gasteiger partial charge in [-0.1, -0.05) is 25.1 Å². The molecular weight excluding hydrogens is 200 g/mol. The number of nitrogens with zero attached hydrogens (tertiary/aromatic N) is 2. The topological polar surface area (TPSA) is 23.6 Å². The smallest absolute Gasteiger partial charge is 0.241 e. The fourth-order valence-corrected chi connectivity index (χ4v) is 1.54. The van der Waals surface area contributed by atoms with Gasteiger partial charge in [-0.2, -0.15) is 0 Å². The molecule has 0 aromatic heterocycles. The number of anilines is 1. The predicted octanol–water partition coefficient (Wildman–Crippen LogP) is 1.99. The second-order valence-electron chi connectivity index (χ2n) is 3.80. The zero-order valence-corrected chi connectivity index (χ0v) is 10.3. The van der Waals surface area contributed by atoms with E-state index in [1.54, 1.807) is 0 Å². The second kappa shape index (κ2) is 6.28. The molecular formula is C13H20N2O. The van der Waals surface area contributed by atoms with E-state index >= 15 is 0 Å². The van der Waals surface area contributed by atoms with Crippen molar-refractivity contribution in [1.29, 1.82) is 0 Å². The van der Waals surface area contributed by atoms with Gasteiger partial charge in [0.2, 0.25) is 5.91 Å². The molecule has 0 aliphatic heterocycles. The molecule has 0 aliphatic rings. The van der Waals surface area contributed by atoms with E-state index in [1.165, 1.54) is 0 Å². The molecule has 0 heterocycles. The number of likely N-dealkylation sites (N-methyl/N-ethyl adjacent to an activating group) is 2. The van der Waals surface area contributed by atoms with Crippen LogP contribution in [0.5, 0.6) is 0 Å². The van der Waals surface area contributed by atoms with Crippen LogP contribution in [0.1, 0.15) is 13.8 Å². The summed E-state index contributed by atoms with van der Waals surface area (Å²) < 4.78 is 0. The Morgan fingerprint density at radius 1 is 1.12 bits per heavy atom. The Morgan fingerprint density at radius 3 is 2.25 bits per heavy atom. The summed E-state index contributed by atoms with van der Waals surface area (Å²) in [5.41, 5.74) is 0.972. The van der Waals surface area contributed by atoms with Crippen molar-refractivity contribution in [3.8, 4) is 0 Å². The Morgan fingerprint density at radius 2 is 1.75 bits per heavy atom. The lowest BCUT2D eigenvalue weighted by atomic mass is 10.3. The molecule has 1 amide bonds. The number of hydrogen-bond donors (Lipinski definition) is 0. The third kappa shape index (κ3) is 3.35. The van der Waals surface area contributed by atoms with Crippen LogP contribution in [0, 0.1) is 0 Å². The van der Waals surface area contributed by atoms with Gasteiger partial charge in [-0.05, 0) is 32.6 Å². The Kier molecular flexibility index (Phi) is 4.99. The Hall–Kier alpha value is -1.35. The Bertz CT molecular complexity index is 324. The van der Waals surface area contributed by atoms with Crippen LogP contribution >= 0.6 is 0 Å². The molecule has 0 spiro atoms. The monoisotopic (exact) mass is 220 g/mol. The first-order valence-electron chi connectivity index (χ1n) is 5.73. The average Bonchev–Trinajstić information content (AvgIpc) is 2.31. The summed E-state index contributed by atoms with van der Waals surface area (Å²) in [5, 5.41) is 0. The van der Waals surface area contributed by atoms with E-state index < -0.39 is 0 Å². The van der Waals surface area contributed by atoms with Crippen molar-refractivity contribution in [2.75, 3.05) is 31.6 Å². The third-order valence-corrected chi connectivity index (χ3v) is 2.63. The fourth-order valence-electron chi connectivity index (χ4n) is 1.54. The summed E-state index contributed by atoms with van der Waals surface area (Å²) in [6, 6.07) is 9.80. The summed E-state index contributed by atoms with van der Waals surface area (Å²) in [5.74, 6) is 0.151. The summed E-state index contributed by atoms with van der Waals surface area (Å²) in [4.78, 5) is 15.8. The summed E-state index contributed by atoms with van der Waals surface area (Å²) >= 11 is 0. The SMILES string of the molecule is CCN(C)CC(=O)N(CC)c1ccccc1. The number of para-hydroxylation sites is 1. The van der Waals surface area contributed by atoms with Gasteiger partial charge < -0.3 is 4.90 Å². The van der Waals surface area contributed by atoms with Crippen LogP contribution < -0.4 is 4.90 Å². The number of amides is 1. The van der Waals surface area contributed by atoms with Crippen molar-refractivity contribution in [2.45, 2.75) is 13.8 Å². The lowest BCUT2D eigenvalue weighted by Crippen LogP contribution is -2.38. The van der Waals surface area contributed by atoms with Crippen LogP contribution in [0.25, 0.3) is 0 Å². The van der Waals surface area contributed by atoms with Crippen LogP contribution in [0.4, 0.5) is 5.69 Å². The third-order valence-electron chi connectivity index (χ3n) is 2.63. The van der Waals surface area contributed by atoms with E-state index in [2.05, 4.69) is 0 Å². The first kappa shape index (κ1) is 12.7. The first-order chi connectivity index (χ1) is 7.69. The molecule has 0 radical (unpaired) electrons. The standard InChI is InChI=1S/C13H20N2O/c1-4-14(3)11-13(16)15(5-2)12-9-7-6-8-10-12/h6-10H,4-5,11H2,1-3H3. The molecule has 0 saturated heterocycles. The molecule has 0 unspecified atom stereocenters. The zero-order chi connectivity index (χ0) is 12.0. The van der Waals surface area contributed by atoms with Crippen molar-refractivity contribution in [3.63, 3.8) is 0 Å². The van der Waals surface area contributed by atoms with Crippen molar-refractivity contribution < 1.29 is 4.79 Å². The van der Waals surface area contributed by atoms with Crippen LogP contribution in [0.2, 0.25) is 0 Å².